The minimum absolute atomic E-state index is 0.00172. The summed E-state index contributed by atoms with van der Waals surface area (Å²) < 4.78 is 27.4. The molecule has 2 heterocycles. The fourth-order valence-corrected chi connectivity index (χ4v) is 6.41. The highest BCUT2D eigenvalue weighted by Crippen LogP contribution is 2.64. The van der Waals surface area contributed by atoms with Crippen LogP contribution in [0, 0.1) is 16.7 Å². The Morgan fingerprint density at radius 3 is 2.30 bits per heavy atom. The zero-order chi connectivity index (χ0) is 27.0. The number of hydrogen-bond acceptors (Lipinski definition) is 13. The Hall–Kier alpha value is -2.67. The molecule has 4 rings (SSSR count). The summed E-state index contributed by atoms with van der Waals surface area (Å²) in [6.07, 6.45) is 0.125. The van der Waals surface area contributed by atoms with E-state index in [0.29, 0.717) is 5.92 Å². The van der Waals surface area contributed by atoms with Crippen LogP contribution in [0.2, 0.25) is 0 Å². The van der Waals surface area contributed by atoms with Crippen LogP contribution in [0.15, 0.2) is 14.8 Å². The molecule has 2 bridgehead atoms. The van der Waals surface area contributed by atoms with E-state index in [2.05, 4.69) is 36.1 Å². The summed E-state index contributed by atoms with van der Waals surface area (Å²) in [6.45, 7) is 10.4. The summed E-state index contributed by atoms with van der Waals surface area (Å²) in [5, 5.41) is 12.6. The van der Waals surface area contributed by atoms with Crippen molar-refractivity contribution in [3.8, 4) is 0 Å². The summed E-state index contributed by atoms with van der Waals surface area (Å²) in [6, 6.07) is 0. The van der Waals surface area contributed by atoms with E-state index in [-0.39, 0.29) is 35.2 Å². The van der Waals surface area contributed by atoms with Crippen LogP contribution in [-0.2, 0) is 44.8 Å². The molecule has 0 radical (unpaired) electrons. The number of hydrogen-bond donors (Lipinski definition) is 0. The van der Waals surface area contributed by atoms with Gasteiger partial charge >= 0.3 is 17.9 Å². The lowest BCUT2D eigenvalue weighted by molar-refractivity contribution is -0.213. The van der Waals surface area contributed by atoms with Crippen LogP contribution in [0.25, 0.3) is 0 Å². The molecule has 0 spiro atoms. The van der Waals surface area contributed by atoms with E-state index in [9.17, 15) is 14.4 Å². The number of fused-ring (bicyclic) bond motifs is 2. The molecule has 0 amide bonds. The number of carbonyl (C=O) groups excluding carboxylic acids is 3. The maximum atomic E-state index is 11.8. The third kappa shape index (κ3) is 5.62. The number of esters is 3. The van der Waals surface area contributed by atoms with Gasteiger partial charge in [-0.1, -0.05) is 25.9 Å². The quantitative estimate of drug-likeness (QED) is 0.271. The van der Waals surface area contributed by atoms with E-state index < -0.39 is 41.7 Å². The lowest BCUT2D eigenvalue weighted by Crippen LogP contribution is -2.56. The third-order valence-electron chi connectivity index (χ3n) is 7.84. The van der Waals surface area contributed by atoms with E-state index in [1.807, 2.05) is 0 Å². The summed E-state index contributed by atoms with van der Waals surface area (Å²) >= 11 is 0.992. The molecule has 13 heteroatoms. The molecule has 6 atom stereocenters. The molecule has 4 unspecified atom stereocenters. The van der Waals surface area contributed by atoms with Gasteiger partial charge in [0.2, 0.25) is 0 Å². The number of aromatic nitrogens is 2. The Labute approximate surface area is 219 Å². The van der Waals surface area contributed by atoms with Gasteiger partial charge in [0.25, 0.3) is 11.1 Å². The van der Waals surface area contributed by atoms with Crippen LogP contribution in [-0.4, -0.2) is 64.2 Å². The van der Waals surface area contributed by atoms with Crippen LogP contribution in [0.3, 0.4) is 0 Å². The molecular weight excluding hydrogens is 506 g/mol. The zero-order valence-electron chi connectivity index (χ0n) is 21.8. The molecule has 1 aliphatic heterocycles. The lowest BCUT2D eigenvalue weighted by atomic mass is 9.70. The van der Waals surface area contributed by atoms with Gasteiger partial charge in [0.05, 0.1) is 12.3 Å². The molecule has 12 nitrogen and oxygen atoms in total. The minimum Gasteiger partial charge on any atom is -0.456 e. The highest BCUT2D eigenvalue weighted by molar-refractivity contribution is 7.99. The summed E-state index contributed by atoms with van der Waals surface area (Å²) in [5.41, 5.74) is 0.424. The summed E-state index contributed by atoms with van der Waals surface area (Å²) in [7, 11) is 0. The van der Waals surface area contributed by atoms with Crippen LogP contribution in [0.5, 0.6) is 0 Å². The average Bonchev–Trinajstić information content (AvgIpc) is 3.38. The SMILES string of the molecule is CC(=O)OC1C(OC(C)=O)[C@H](Sc2nnc(CO/N=C3\CC4CCC3(C)C4(C)C)o2)OC[C@H]1OC(C)=O. The number of ether oxygens (including phenoxy) is 4. The Morgan fingerprint density at radius 1 is 1.03 bits per heavy atom. The second-order valence-electron chi connectivity index (χ2n) is 10.4. The smallest absolute Gasteiger partial charge is 0.303 e. The van der Waals surface area contributed by atoms with Crippen LogP contribution in [0.1, 0.15) is 66.7 Å². The second kappa shape index (κ2) is 10.6. The first kappa shape index (κ1) is 27.4. The lowest BCUT2D eigenvalue weighted by Gasteiger charge is -2.39. The van der Waals surface area contributed by atoms with Gasteiger partial charge in [-0.15, -0.1) is 10.2 Å². The van der Waals surface area contributed by atoms with E-state index in [1.54, 1.807) is 0 Å². The first-order valence-electron chi connectivity index (χ1n) is 12.2. The highest BCUT2D eigenvalue weighted by atomic mass is 32.2. The summed E-state index contributed by atoms with van der Waals surface area (Å²) in [5.74, 6) is -1.02. The van der Waals surface area contributed by atoms with Crippen molar-refractivity contribution in [1.29, 1.82) is 0 Å². The number of thioether (sulfide) groups is 1. The van der Waals surface area contributed by atoms with Gasteiger partial charge in [-0.25, -0.2) is 0 Å². The molecule has 1 aromatic heterocycles. The Balaban J connectivity index is 1.41. The molecule has 0 N–H and O–H groups in total. The zero-order valence-corrected chi connectivity index (χ0v) is 22.7. The largest absolute Gasteiger partial charge is 0.456 e. The molecule has 0 aromatic carbocycles. The number of oxime groups is 1. The standard InChI is InChI=1S/C24H33N3O9S/c1-12(28)33-16-10-31-21(20(35-14(3)30)19(16)34-13(2)29)37-22-26-25-18(36-22)11-32-27-17-9-15-7-8-24(17,6)23(15,4)5/h15-16,19-21H,7-11H2,1-6H3/b27-17+/t15?,16-,19?,20?,21+,24?/m1/s1. The fraction of sp³-hybridized carbons (Fsp3) is 0.750. The molecule has 3 aliphatic rings. The maximum absolute atomic E-state index is 11.8. The van der Waals surface area contributed by atoms with E-state index in [1.165, 1.54) is 27.2 Å². The van der Waals surface area contributed by atoms with Crippen LogP contribution < -0.4 is 0 Å². The normalized spacial score (nSPS) is 33.2. The van der Waals surface area contributed by atoms with Crippen molar-refractivity contribution in [3.63, 3.8) is 0 Å². The van der Waals surface area contributed by atoms with Crippen molar-refractivity contribution in [1.82, 2.24) is 10.2 Å². The number of carbonyl (C=O) groups is 3. The van der Waals surface area contributed by atoms with Gasteiger partial charge in [0.1, 0.15) is 0 Å². The molecule has 2 saturated carbocycles. The van der Waals surface area contributed by atoms with E-state index >= 15 is 0 Å². The molecule has 204 valence electrons. The molecule has 2 aliphatic carbocycles. The van der Waals surface area contributed by atoms with Crippen molar-refractivity contribution < 1.29 is 42.6 Å². The third-order valence-corrected chi connectivity index (χ3v) is 8.85. The summed E-state index contributed by atoms with van der Waals surface area (Å²) in [4.78, 5) is 40.6. The number of nitrogens with zero attached hydrogens (tertiary/aromatic N) is 3. The van der Waals surface area contributed by atoms with Gasteiger partial charge in [0.15, 0.2) is 30.4 Å². The molecule has 1 saturated heterocycles. The molecule has 37 heavy (non-hydrogen) atoms. The van der Waals surface area contributed by atoms with E-state index in [4.69, 9.17) is 28.2 Å². The second-order valence-corrected chi connectivity index (χ2v) is 11.4. The van der Waals surface area contributed by atoms with E-state index in [0.717, 1.165) is 30.3 Å². The van der Waals surface area contributed by atoms with Gasteiger partial charge < -0.3 is 28.2 Å². The van der Waals surface area contributed by atoms with Crippen LogP contribution >= 0.6 is 11.8 Å². The monoisotopic (exact) mass is 539 g/mol. The first-order chi connectivity index (χ1) is 17.4. The predicted octanol–water partition coefficient (Wildman–Crippen LogP) is 3.03. The van der Waals surface area contributed by atoms with Crippen molar-refractivity contribution in [2.24, 2.45) is 21.9 Å². The Kier molecular flexibility index (Phi) is 7.84. The highest BCUT2D eigenvalue weighted by Gasteiger charge is 2.60. The van der Waals surface area contributed by atoms with Gasteiger partial charge in [-0.3, -0.25) is 14.4 Å². The first-order valence-corrected chi connectivity index (χ1v) is 13.1. The molecule has 3 fully saturated rings. The average molecular weight is 540 g/mol. The Morgan fingerprint density at radius 2 is 1.70 bits per heavy atom. The van der Waals surface area contributed by atoms with Gasteiger partial charge in [-0.05, 0) is 42.4 Å². The topological polar surface area (TPSA) is 149 Å². The van der Waals surface area contributed by atoms with Gasteiger partial charge in [-0.2, -0.15) is 0 Å². The van der Waals surface area contributed by atoms with Gasteiger partial charge in [0, 0.05) is 26.2 Å². The maximum Gasteiger partial charge on any atom is 0.303 e. The van der Waals surface area contributed by atoms with Crippen molar-refractivity contribution in [2.75, 3.05) is 6.61 Å². The number of rotatable bonds is 8. The molecular formula is C24H33N3O9S. The fourth-order valence-electron chi connectivity index (χ4n) is 5.49. The Bertz CT molecular complexity index is 1070. The van der Waals surface area contributed by atoms with Crippen molar-refractivity contribution >= 4 is 35.4 Å². The van der Waals surface area contributed by atoms with Crippen molar-refractivity contribution in [3.05, 3.63) is 5.89 Å². The van der Waals surface area contributed by atoms with Crippen molar-refractivity contribution in [2.45, 2.75) is 96.4 Å². The molecule has 1 aromatic rings. The minimum atomic E-state index is -1.09. The van der Waals surface area contributed by atoms with Crippen LogP contribution in [0.4, 0.5) is 0 Å². The predicted molar refractivity (Wildman–Crippen MR) is 128 cm³/mol.